The lowest BCUT2D eigenvalue weighted by atomic mass is 10.1. The zero-order valence-electron chi connectivity index (χ0n) is 16.4. The summed E-state index contributed by atoms with van der Waals surface area (Å²) in [6, 6.07) is 8.79. The molecule has 2 aromatic rings. The molecule has 0 saturated heterocycles. The molecule has 0 unspecified atom stereocenters. The summed E-state index contributed by atoms with van der Waals surface area (Å²) < 4.78 is 15.6. The van der Waals surface area contributed by atoms with Gasteiger partial charge in [-0.15, -0.1) is 0 Å². The molecule has 9 nitrogen and oxygen atoms in total. The first-order valence-corrected chi connectivity index (χ1v) is 8.98. The molecule has 0 atom stereocenters. The highest BCUT2D eigenvalue weighted by Crippen LogP contribution is 2.37. The minimum absolute atomic E-state index is 0.0743. The molecule has 2 rings (SSSR count). The number of carbonyl (C=O) groups is 1. The van der Waals surface area contributed by atoms with Crippen LogP contribution in [0.1, 0.15) is 12.5 Å². The molecule has 0 saturated carbocycles. The van der Waals surface area contributed by atoms with Gasteiger partial charge in [-0.25, -0.2) is 0 Å². The van der Waals surface area contributed by atoms with E-state index in [1.54, 1.807) is 19.1 Å². The minimum atomic E-state index is -0.823. The van der Waals surface area contributed by atoms with Crippen LogP contribution in [0.2, 0.25) is 5.02 Å². The van der Waals surface area contributed by atoms with Crippen LogP contribution in [0.25, 0.3) is 6.08 Å². The van der Waals surface area contributed by atoms with Crippen molar-refractivity contribution < 1.29 is 23.9 Å². The summed E-state index contributed by atoms with van der Waals surface area (Å²) in [5.41, 5.74) is -0.315. The number of carbonyl (C=O) groups excluding carboxylic acids is 1. The summed E-state index contributed by atoms with van der Waals surface area (Å²) in [7, 11) is 2.81. The predicted molar refractivity (Wildman–Crippen MR) is 111 cm³/mol. The lowest BCUT2D eigenvalue weighted by Gasteiger charge is -2.12. The highest BCUT2D eigenvalue weighted by Gasteiger charge is 2.19. The fourth-order valence-electron chi connectivity index (χ4n) is 2.53. The second kappa shape index (κ2) is 10.1. The van der Waals surface area contributed by atoms with E-state index in [1.165, 1.54) is 44.6 Å². The second-order valence-electron chi connectivity index (χ2n) is 5.73. The number of hydrogen-bond donors (Lipinski definition) is 1. The van der Waals surface area contributed by atoms with Crippen molar-refractivity contribution >= 4 is 35.0 Å². The Hall–Kier alpha value is -3.77. The molecule has 1 amide bonds. The van der Waals surface area contributed by atoms with E-state index >= 15 is 0 Å². The lowest BCUT2D eigenvalue weighted by molar-refractivity contribution is -0.384. The van der Waals surface area contributed by atoms with Gasteiger partial charge in [0, 0.05) is 0 Å². The van der Waals surface area contributed by atoms with E-state index in [-0.39, 0.29) is 27.7 Å². The summed E-state index contributed by atoms with van der Waals surface area (Å²) in [5, 5.41) is 23.3. The summed E-state index contributed by atoms with van der Waals surface area (Å²) in [6.45, 7) is 2.14. The minimum Gasteiger partial charge on any atom is -0.496 e. The first-order valence-electron chi connectivity index (χ1n) is 8.60. The maximum atomic E-state index is 12.6. The molecule has 0 aromatic heterocycles. The van der Waals surface area contributed by atoms with Crippen molar-refractivity contribution in [3.63, 3.8) is 0 Å². The Labute approximate surface area is 177 Å². The SMILES string of the molecule is CCOc1cc(/C=C(\C#N)C(=O)Nc2ccc(OC)cc2[N+](=O)[O-])cc(Cl)c1OC. The number of methoxy groups -OCH3 is 2. The average molecular weight is 432 g/mol. The maximum Gasteiger partial charge on any atom is 0.296 e. The second-order valence-corrected chi connectivity index (χ2v) is 6.14. The van der Waals surface area contributed by atoms with Crippen molar-refractivity contribution in [1.82, 2.24) is 0 Å². The number of nitrogens with zero attached hydrogens (tertiary/aromatic N) is 2. The van der Waals surface area contributed by atoms with E-state index < -0.39 is 10.8 Å². The standard InChI is InChI=1S/C20H18ClN3O6/c1-4-30-18-9-12(8-15(21)19(18)29-3)7-13(11-22)20(25)23-16-6-5-14(28-2)10-17(16)24(26)27/h5-10H,4H2,1-3H3,(H,23,25)/b13-7+. The van der Waals surface area contributed by atoms with Gasteiger partial charge in [-0.1, -0.05) is 11.6 Å². The first-order chi connectivity index (χ1) is 14.3. The number of benzene rings is 2. The fraction of sp³-hybridized carbons (Fsp3) is 0.200. The summed E-state index contributed by atoms with van der Waals surface area (Å²) >= 11 is 6.19. The van der Waals surface area contributed by atoms with Crippen molar-refractivity contribution in [2.75, 3.05) is 26.1 Å². The molecular weight excluding hydrogens is 414 g/mol. The van der Waals surface area contributed by atoms with Crippen LogP contribution in [-0.2, 0) is 4.79 Å². The molecule has 0 bridgehead atoms. The van der Waals surface area contributed by atoms with Crippen LogP contribution < -0.4 is 19.5 Å². The molecule has 0 aliphatic carbocycles. The Morgan fingerprint density at radius 2 is 2.03 bits per heavy atom. The zero-order chi connectivity index (χ0) is 22.3. The van der Waals surface area contributed by atoms with E-state index in [2.05, 4.69) is 5.32 Å². The molecule has 0 fully saturated rings. The third-order valence-corrected chi connectivity index (χ3v) is 4.14. The molecule has 30 heavy (non-hydrogen) atoms. The van der Waals surface area contributed by atoms with Crippen LogP contribution >= 0.6 is 11.6 Å². The van der Waals surface area contributed by atoms with E-state index in [9.17, 15) is 20.2 Å². The van der Waals surface area contributed by atoms with Gasteiger partial charge in [-0.3, -0.25) is 14.9 Å². The average Bonchev–Trinajstić information content (AvgIpc) is 2.72. The molecule has 0 heterocycles. The van der Waals surface area contributed by atoms with Crippen LogP contribution in [-0.4, -0.2) is 31.7 Å². The third-order valence-electron chi connectivity index (χ3n) is 3.86. The number of amides is 1. The number of nitriles is 1. The molecule has 0 spiro atoms. The van der Waals surface area contributed by atoms with Crippen molar-refractivity contribution in [1.29, 1.82) is 5.26 Å². The van der Waals surface area contributed by atoms with E-state index in [0.29, 0.717) is 23.7 Å². The van der Waals surface area contributed by atoms with Crippen molar-refractivity contribution in [2.45, 2.75) is 6.92 Å². The zero-order valence-corrected chi connectivity index (χ0v) is 17.1. The van der Waals surface area contributed by atoms with Crippen LogP contribution in [0.5, 0.6) is 17.2 Å². The largest absolute Gasteiger partial charge is 0.496 e. The number of nitrogens with one attached hydrogen (secondary N) is 1. The third kappa shape index (κ3) is 5.18. The molecule has 0 aliphatic heterocycles. The highest BCUT2D eigenvalue weighted by molar-refractivity contribution is 6.32. The summed E-state index contributed by atoms with van der Waals surface area (Å²) in [4.78, 5) is 23.2. The number of ether oxygens (including phenoxy) is 3. The van der Waals surface area contributed by atoms with Crippen LogP contribution in [0.4, 0.5) is 11.4 Å². The molecule has 10 heteroatoms. The van der Waals surface area contributed by atoms with Crippen molar-refractivity contribution in [2.24, 2.45) is 0 Å². The number of rotatable bonds is 8. The summed E-state index contributed by atoms with van der Waals surface area (Å²) in [5.74, 6) is 0.109. The molecule has 0 radical (unpaired) electrons. The number of anilines is 1. The predicted octanol–water partition coefficient (Wildman–Crippen LogP) is 4.21. The van der Waals surface area contributed by atoms with E-state index in [0.717, 1.165) is 0 Å². The fourth-order valence-corrected chi connectivity index (χ4v) is 2.83. The van der Waals surface area contributed by atoms with Crippen molar-refractivity contribution in [3.8, 4) is 23.3 Å². The number of nitro groups is 1. The molecule has 156 valence electrons. The van der Waals surface area contributed by atoms with Crippen molar-refractivity contribution in [3.05, 3.63) is 56.6 Å². The van der Waals surface area contributed by atoms with Crippen LogP contribution in [0, 0.1) is 21.4 Å². The number of halogens is 1. The topological polar surface area (TPSA) is 124 Å². The number of nitro benzene ring substituents is 1. The smallest absolute Gasteiger partial charge is 0.296 e. The Morgan fingerprint density at radius 3 is 2.60 bits per heavy atom. The van der Waals surface area contributed by atoms with Gasteiger partial charge in [0.15, 0.2) is 11.5 Å². The Morgan fingerprint density at radius 1 is 1.30 bits per heavy atom. The molecular formula is C20H18ClN3O6. The highest BCUT2D eigenvalue weighted by atomic mass is 35.5. The van der Waals surface area contributed by atoms with Gasteiger partial charge in [0.1, 0.15) is 23.1 Å². The lowest BCUT2D eigenvalue weighted by Crippen LogP contribution is -2.14. The Balaban J connectivity index is 2.39. The van der Waals surface area contributed by atoms with Crippen LogP contribution in [0.3, 0.4) is 0 Å². The number of hydrogen-bond acceptors (Lipinski definition) is 7. The quantitative estimate of drug-likeness (QED) is 0.287. The summed E-state index contributed by atoms with van der Waals surface area (Å²) in [6.07, 6.45) is 1.29. The van der Waals surface area contributed by atoms with Crippen LogP contribution in [0.15, 0.2) is 35.9 Å². The van der Waals surface area contributed by atoms with Gasteiger partial charge >= 0.3 is 0 Å². The molecule has 0 aliphatic rings. The van der Waals surface area contributed by atoms with Gasteiger partial charge < -0.3 is 19.5 Å². The Kier molecular flexibility index (Phi) is 7.61. The van der Waals surface area contributed by atoms with Gasteiger partial charge in [0.2, 0.25) is 0 Å². The van der Waals surface area contributed by atoms with Gasteiger partial charge in [-0.05, 0) is 42.8 Å². The first kappa shape index (κ1) is 22.5. The van der Waals surface area contributed by atoms with Gasteiger partial charge in [0.25, 0.3) is 11.6 Å². The maximum absolute atomic E-state index is 12.6. The van der Waals surface area contributed by atoms with E-state index in [1.807, 2.05) is 0 Å². The van der Waals surface area contributed by atoms with Gasteiger partial charge in [-0.2, -0.15) is 5.26 Å². The Bertz CT molecular complexity index is 1050. The molecule has 1 N–H and O–H groups in total. The normalized spacial score (nSPS) is 10.7. The monoisotopic (exact) mass is 431 g/mol. The molecule has 2 aromatic carbocycles. The van der Waals surface area contributed by atoms with Gasteiger partial charge in [0.05, 0.1) is 36.8 Å². The van der Waals surface area contributed by atoms with E-state index in [4.69, 9.17) is 25.8 Å².